The molecule has 0 heterocycles. The van der Waals surface area contributed by atoms with E-state index in [0.29, 0.717) is 29.5 Å². The summed E-state index contributed by atoms with van der Waals surface area (Å²) in [5.74, 6) is 0.260. The smallest absolute Gasteiger partial charge is 0.124 e. The molecule has 0 fully saturated rings. The van der Waals surface area contributed by atoms with Crippen LogP contribution < -0.4 is 0 Å². The Morgan fingerprint density at radius 3 is 2.30 bits per heavy atom. The molecule has 0 saturated heterocycles. The van der Waals surface area contributed by atoms with Crippen molar-refractivity contribution in [1.82, 2.24) is 0 Å². The van der Waals surface area contributed by atoms with Crippen LogP contribution in [0.1, 0.15) is 16.7 Å². The van der Waals surface area contributed by atoms with Crippen LogP contribution in [0.2, 0.25) is 0 Å². The first-order chi connectivity index (χ1) is 11.2. The molecule has 2 aromatic carbocycles. The van der Waals surface area contributed by atoms with Gasteiger partial charge in [0.05, 0.1) is 12.2 Å². The van der Waals surface area contributed by atoms with Crippen LogP contribution in [0.3, 0.4) is 0 Å². The second-order valence-corrected chi connectivity index (χ2v) is 5.08. The maximum Gasteiger partial charge on any atom is 0.124 e. The van der Waals surface area contributed by atoms with Crippen LogP contribution in [0.4, 0.5) is 5.69 Å². The summed E-state index contributed by atoms with van der Waals surface area (Å²) in [6, 6.07) is 10.9. The van der Waals surface area contributed by atoms with Crippen molar-refractivity contribution in [2.75, 3.05) is 0 Å². The van der Waals surface area contributed by atoms with Gasteiger partial charge in [-0.1, -0.05) is 30.4 Å². The maximum atomic E-state index is 10.5. The van der Waals surface area contributed by atoms with Crippen LogP contribution in [0.25, 0.3) is 0 Å². The molecular formula is C19H20N2O2. The number of aromatic hydroxyl groups is 2. The monoisotopic (exact) mass is 308 g/mol. The zero-order valence-electron chi connectivity index (χ0n) is 12.9. The molecule has 2 N–H and O–H groups in total. The van der Waals surface area contributed by atoms with Crippen molar-refractivity contribution < 1.29 is 10.2 Å². The van der Waals surface area contributed by atoms with E-state index >= 15 is 0 Å². The zero-order valence-corrected chi connectivity index (χ0v) is 12.9. The lowest BCUT2D eigenvalue weighted by Gasteiger charge is -2.14. The fourth-order valence-corrected chi connectivity index (χ4v) is 2.35. The van der Waals surface area contributed by atoms with Crippen LogP contribution in [0.15, 0.2) is 71.9 Å². The summed E-state index contributed by atoms with van der Waals surface area (Å²) in [6.07, 6.45) is 4.27. The molecule has 0 saturated carbocycles. The summed E-state index contributed by atoms with van der Waals surface area (Å²) >= 11 is 0. The van der Waals surface area contributed by atoms with Gasteiger partial charge in [0.15, 0.2) is 0 Å². The summed E-state index contributed by atoms with van der Waals surface area (Å²) in [6.45, 7) is 7.54. The number of hydrogen-bond donors (Lipinski definition) is 2. The van der Waals surface area contributed by atoms with Crippen LogP contribution >= 0.6 is 0 Å². The number of allylic oxidation sites excluding steroid dienone is 2. The van der Waals surface area contributed by atoms with Crippen LogP contribution in [-0.2, 0) is 19.4 Å². The predicted octanol–water partition coefficient (Wildman–Crippen LogP) is 4.84. The second kappa shape index (κ2) is 7.94. The fourth-order valence-electron chi connectivity index (χ4n) is 2.35. The van der Waals surface area contributed by atoms with E-state index in [1.165, 1.54) is 0 Å². The van der Waals surface area contributed by atoms with Gasteiger partial charge >= 0.3 is 0 Å². The Morgan fingerprint density at radius 2 is 1.65 bits per heavy atom. The molecule has 118 valence electrons. The molecule has 0 aliphatic rings. The van der Waals surface area contributed by atoms with Crippen molar-refractivity contribution in [2.45, 2.75) is 19.4 Å². The summed E-state index contributed by atoms with van der Waals surface area (Å²) in [4.78, 5) is 0. The van der Waals surface area contributed by atoms with E-state index in [1.54, 1.807) is 18.2 Å². The molecule has 23 heavy (non-hydrogen) atoms. The Hall–Kier alpha value is -2.88. The van der Waals surface area contributed by atoms with E-state index in [4.69, 9.17) is 0 Å². The van der Waals surface area contributed by atoms with Crippen molar-refractivity contribution in [3.05, 3.63) is 78.4 Å². The molecule has 0 spiro atoms. The Balaban J connectivity index is 2.35. The third-order valence-electron chi connectivity index (χ3n) is 3.46. The Bertz CT molecular complexity index is 722. The van der Waals surface area contributed by atoms with E-state index in [-0.39, 0.29) is 18.0 Å². The Labute approximate surface area is 136 Å². The van der Waals surface area contributed by atoms with Crippen LogP contribution in [0.5, 0.6) is 11.5 Å². The SMILES string of the molecule is C=CCc1cc(O)c(CC=C)c(CN=Nc2ccccc2)c1O. The summed E-state index contributed by atoms with van der Waals surface area (Å²) < 4.78 is 0. The van der Waals surface area contributed by atoms with Gasteiger partial charge in [0.25, 0.3) is 0 Å². The first-order valence-electron chi connectivity index (χ1n) is 7.37. The first kappa shape index (κ1) is 16.5. The maximum absolute atomic E-state index is 10.5. The van der Waals surface area contributed by atoms with Gasteiger partial charge in [-0.2, -0.15) is 10.2 Å². The minimum Gasteiger partial charge on any atom is -0.508 e. The lowest BCUT2D eigenvalue weighted by Crippen LogP contribution is -1.97. The lowest BCUT2D eigenvalue weighted by molar-refractivity contribution is 0.444. The van der Waals surface area contributed by atoms with Gasteiger partial charge in [-0.15, -0.1) is 13.2 Å². The molecule has 2 aromatic rings. The van der Waals surface area contributed by atoms with Crippen molar-refractivity contribution in [3.8, 4) is 11.5 Å². The molecule has 0 radical (unpaired) electrons. The van der Waals surface area contributed by atoms with E-state index in [0.717, 1.165) is 5.69 Å². The highest BCUT2D eigenvalue weighted by Gasteiger charge is 2.15. The molecule has 0 atom stereocenters. The molecular weight excluding hydrogens is 288 g/mol. The van der Waals surface area contributed by atoms with Gasteiger partial charge in [0, 0.05) is 16.7 Å². The average Bonchev–Trinajstić information content (AvgIpc) is 2.56. The highest BCUT2D eigenvalue weighted by Crippen LogP contribution is 2.35. The van der Waals surface area contributed by atoms with Gasteiger partial charge in [-0.3, -0.25) is 0 Å². The number of azo groups is 1. The quantitative estimate of drug-likeness (QED) is 0.437. The summed E-state index contributed by atoms with van der Waals surface area (Å²) in [5, 5.41) is 28.9. The average molecular weight is 308 g/mol. The van der Waals surface area contributed by atoms with Crippen LogP contribution in [-0.4, -0.2) is 10.2 Å². The minimum absolute atomic E-state index is 0.129. The molecule has 2 rings (SSSR count). The number of hydrogen-bond acceptors (Lipinski definition) is 4. The van der Waals surface area contributed by atoms with Crippen molar-refractivity contribution in [3.63, 3.8) is 0 Å². The molecule has 4 heteroatoms. The van der Waals surface area contributed by atoms with Crippen molar-refractivity contribution in [2.24, 2.45) is 10.2 Å². The number of phenols is 2. The highest BCUT2D eigenvalue weighted by molar-refractivity contribution is 5.53. The van der Waals surface area contributed by atoms with Crippen molar-refractivity contribution >= 4 is 5.69 Å². The largest absolute Gasteiger partial charge is 0.508 e. The van der Waals surface area contributed by atoms with Crippen molar-refractivity contribution in [1.29, 1.82) is 0 Å². The van der Waals surface area contributed by atoms with Gasteiger partial charge in [-0.05, 0) is 31.0 Å². The molecule has 0 aliphatic heterocycles. The summed E-state index contributed by atoms with van der Waals surface area (Å²) in [5.41, 5.74) is 2.55. The van der Waals surface area contributed by atoms with E-state index in [2.05, 4.69) is 23.4 Å². The van der Waals surface area contributed by atoms with E-state index in [1.807, 2.05) is 30.3 Å². The number of benzene rings is 2. The third kappa shape index (κ3) is 4.07. The normalized spacial score (nSPS) is 10.8. The molecule has 0 aliphatic carbocycles. The van der Waals surface area contributed by atoms with Gasteiger partial charge < -0.3 is 10.2 Å². The number of phenolic OH excluding ortho intramolecular Hbond substituents is 2. The zero-order chi connectivity index (χ0) is 16.7. The minimum atomic E-state index is 0.129. The van der Waals surface area contributed by atoms with Gasteiger partial charge in [0.2, 0.25) is 0 Å². The fraction of sp³-hybridized carbons (Fsp3) is 0.158. The van der Waals surface area contributed by atoms with Gasteiger partial charge in [-0.25, -0.2) is 0 Å². The molecule has 0 amide bonds. The molecule has 0 bridgehead atoms. The Morgan fingerprint density at radius 1 is 0.957 bits per heavy atom. The standard InChI is InChI=1S/C19H20N2O2/c1-3-8-14-12-18(22)16(9-4-2)17(19(14)23)13-20-21-15-10-6-5-7-11-15/h3-7,10-12,22-23H,1-2,8-9,13H2. The summed E-state index contributed by atoms with van der Waals surface area (Å²) in [7, 11) is 0. The highest BCUT2D eigenvalue weighted by atomic mass is 16.3. The molecule has 0 aromatic heterocycles. The predicted molar refractivity (Wildman–Crippen MR) is 92.2 cm³/mol. The number of nitrogens with zero attached hydrogens (tertiary/aromatic N) is 2. The lowest BCUT2D eigenvalue weighted by atomic mass is 9.97. The van der Waals surface area contributed by atoms with Crippen LogP contribution in [0, 0.1) is 0 Å². The second-order valence-electron chi connectivity index (χ2n) is 5.08. The van der Waals surface area contributed by atoms with E-state index < -0.39 is 0 Å². The Kier molecular flexibility index (Phi) is 5.69. The topological polar surface area (TPSA) is 65.2 Å². The molecule has 4 nitrogen and oxygen atoms in total. The number of rotatable bonds is 7. The molecule has 0 unspecified atom stereocenters. The first-order valence-corrected chi connectivity index (χ1v) is 7.37. The third-order valence-corrected chi connectivity index (χ3v) is 3.46. The van der Waals surface area contributed by atoms with Gasteiger partial charge in [0.1, 0.15) is 11.5 Å². The van der Waals surface area contributed by atoms with E-state index in [9.17, 15) is 10.2 Å².